The van der Waals surface area contributed by atoms with E-state index in [9.17, 15) is 9.59 Å². The van der Waals surface area contributed by atoms with Gasteiger partial charge in [-0.2, -0.15) is 11.8 Å². The van der Waals surface area contributed by atoms with Crippen LogP contribution in [0.5, 0.6) is 0 Å². The third kappa shape index (κ3) is 3.60. The molecule has 0 saturated carbocycles. The fourth-order valence-corrected chi connectivity index (χ4v) is 2.96. The number of nitrogens with two attached hydrogens (primary N) is 2. The first kappa shape index (κ1) is 15.3. The number of imide groups is 1. The highest BCUT2D eigenvalue weighted by Gasteiger charge is 2.35. The maximum atomic E-state index is 11.7. The summed E-state index contributed by atoms with van der Waals surface area (Å²) in [6.07, 6.45) is 3.99. The molecule has 1 atom stereocenters. The standard InChI is InChI=1S/C11H22N4O2S/c1-8(9(16)14-10(13)17)15-5-3-11(7-12,18-2)4-6-15/h8H,3-7,12H2,1-2H3,(H3,13,14,16,17). The van der Waals surface area contributed by atoms with Gasteiger partial charge in [0.05, 0.1) is 6.04 Å². The first-order valence-corrected chi connectivity index (χ1v) is 7.26. The van der Waals surface area contributed by atoms with Crippen molar-refractivity contribution in [1.82, 2.24) is 10.2 Å². The minimum absolute atomic E-state index is 0.135. The van der Waals surface area contributed by atoms with E-state index in [1.807, 2.05) is 0 Å². The zero-order valence-corrected chi connectivity index (χ0v) is 11.8. The Morgan fingerprint density at radius 1 is 1.44 bits per heavy atom. The molecule has 1 rings (SSSR count). The summed E-state index contributed by atoms with van der Waals surface area (Å²) < 4.78 is 0.135. The number of likely N-dealkylation sites (tertiary alicyclic amines) is 1. The molecule has 1 aliphatic rings. The van der Waals surface area contributed by atoms with E-state index in [-0.39, 0.29) is 16.7 Å². The Labute approximate surface area is 112 Å². The van der Waals surface area contributed by atoms with Crippen molar-refractivity contribution in [2.45, 2.75) is 30.6 Å². The van der Waals surface area contributed by atoms with E-state index in [4.69, 9.17) is 11.5 Å². The van der Waals surface area contributed by atoms with Gasteiger partial charge in [-0.05, 0) is 26.0 Å². The smallest absolute Gasteiger partial charge is 0.318 e. The van der Waals surface area contributed by atoms with Gasteiger partial charge >= 0.3 is 6.03 Å². The van der Waals surface area contributed by atoms with Gasteiger partial charge < -0.3 is 11.5 Å². The summed E-state index contributed by atoms with van der Waals surface area (Å²) in [5.74, 6) is -0.341. The van der Waals surface area contributed by atoms with Crippen LogP contribution in [0.3, 0.4) is 0 Å². The van der Waals surface area contributed by atoms with Crippen LogP contribution in [0.1, 0.15) is 19.8 Å². The summed E-state index contributed by atoms with van der Waals surface area (Å²) in [5, 5.41) is 2.12. The van der Waals surface area contributed by atoms with Gasteiger partial charge in [0.1, 0.15) is 0 Å². The number of piperidine rings is 1. The molecule has 1 aliphatic heterocycles. The van der Waals surface area contributed by atoms with Gasteiger partial charge in [0.15, 0.2) is 0 Å². The van der Waals surface area contributed by atoms with Crippen LogP contribution in [-0.2, 0) is 4.79 Å². The lowest BCUT2D eigenvalue weighted by atomic mass is 9.95. The summed E-state index contributed by atoms with van der Waals surface area (Å²) >= 11 is 1.80. The molecule has 18 heavy (non-hydrogen) atoms. The van der Waals surface area contributed by atoms with E-state index in [1.165, 1.54) is 0 Å². The van der Waals surface area contributed by atoms with Crippen molar-refractivity contribution >= 4 is 23.7 Å². The van der Waals surface area contributed by atoms with E-state index < -0.39 is 6.03 Å². The molecule has 1 saturated heterocycles. The Kier molecular flexibility index (Phi) is 5.43. The number of urea groups is 1. The van der Waals surface area contributed by atoms with Crippen molar-refractivity contribution in [3.63, 3.8) is 0 Å². The van der Waals surface area contributed by atoms with Gasteiger partial charge in [-0.25, -0.2) is 4.79 Å². The third-order valence-corrected chi connectivity index (χ3v) is 5.13. The molecule has 1 unspecified atom stereocenters. The molecule has 0 bridgehead atoms. The van der Waals surface area contributed by atoms with Crippen LogP contribution in [0.2, 0.25) is 0 Å². The van der Waals surface area contributed by atoms with Crippen LogP contribution in [0, 0.1) is 0 Å². The molecule has 0 aliphatic carbocycles. The summed E-state index contributed by atoms with van der Waals surface area (Å²) in [7, 11) is 0. The average molecular weight is 274 g/mol. The van der Waals surface area contributed by atoms with Gasteiger partial charge in [-0.1, -0.05) is 0 Å². The number of carbonyl (C=O) groups is 2. The molecule has 0 aromatic rings. The third-order valence-electron chi connectivity index (χ3n) is 3.69. The molecule has 3 amide bonds. The molecular formula is C11H22N4O2S. The van der Waals surface area contributed by atoms with Crippen LogP contribution in [0.4, 0.5) is 4.79 Å². The molecule has 7 heteroatoms. The number of hydrogen-bond acceptors (Lipinski definition) is 5. The first-order chi connectivity index (χ1) is 8.44. The van der Waals surface area contributed by atoms with Crippen LogP contribution in [-0.4, -0.2) is 53.5 Å². The second kappa shape index (κ2) is 6.40. The number of amides is 3. The van der Waals surface area contributed by atoms with E-state index in [1.54, 1.807) is 18.7 Å². The van der Waals surface area contributed by atoms with Gasteiger partial charge in [-0.3, -0.25) is 15.0 Å². The molecule has 1 heterocycles. The highest BCUT2D eigenvalue weighted by molar-refractivity contribution is 8.00. The highest BCUT2D eigenvalue weighted by Crippen LogP contribution is 2.33. The van der Waals surface area contributed by atoms with Crippen LogP contribution < -0.4 is 16.8 Å². The molecule has 0 radical (unpaired) electrons. The Morgan fingerprint density at radius 3 is 2.39 bits per heavy atom. The van der Waals surface area contributed by atoms with E-state index in [0.29, 0.717) is 6.54 Å². The number of nitrogens with zero attached hydrogens (tertiary/aromatic N) is 1. The average Bonchev–Trinajstić information content (AvgIpc) is 2.37. The molecule has 1 fully saturated rings. The Balaban J connectivity index is 2.52. The SMILES string of the molecule is CSC1(CN)CCN(C(C)C(=O)NC(N)=O)CC1. The van der Waals surface area contributed by atoms with Crippen molar-refractivity contribution in [3.05, 3.63) is 0 Å². The number of primary amides is 1. The summed E-state index contributed by atoms with van der Waals surface area (Å²) in [6.45, 7) is 4.06. The Hall–Kier alpha value is -0.790. The van der Waals surface area contributed by atoms with E-state index in [0.717, 1.165) is 25.9 Å². The van der Waals surface area contributed by atoms with Crippen molar-refractivity contribution in [3.8, 4) is 0 Å². The van der Waals surface area contributed by atoms with Crippen molar-refractivity contribution in [2.24, 2.45) is 11.5 Å². The fourth-order valence-electron chi connectivity index (χ4n) is 2.20. The molecule has 0 aromatic carbocycles. The number of nitrogens with one attached hydrogen (secondary N) is 1. The fraction of sp³-hybridized carbons (Fsp3) is 0.818. The van der Waals surface area contributed by atoms with Crippen LogP contribution in [0.15, 0.2) is 0 Å². The van der Waals surface area contributed by atoms with Crippen molar-refractivity contribution < 1.29 is 9.59 Å². The van der Waals surface area contributed by atoms with E-state index in [2.05, 4.69) is 16.5 Å². The Morgan fingerprint density at radius 2 is 2.00 bits per heavy atom. The minimum Gasteiger partial charge on any atom is -0.351 e. The quantitative estimate of drug-likeness (QED) is 0.655. The second-order valence-corrected chi connectivity index (χ2v) is 5.93. The molecule has 104 valence electrons. The molecule has 5 N–H and O–H groups in total. The number of thioether (sulfide) groups is 1. The predicted molar refractivity (Wildman–Crippen MR) is 73.3 cm³/mol. The van der Waals surface area contributed by atoms with Gasteiger partial charge in [-0.15, -0.1) is 0 Å². The van der Waals surface area contributed by atoms with Gasteiger partial charge in [0.2, 0.25) is 5.91 Å². The second-order valence-electron chi connectivity index (χ2n) is 4.66. The van der Waals surface area contributed by atoms with Gasteiger partial charge in [0.25, 0.3) is 0 Å². The summed E-state index contributed by atoms with van der Waals surface area (Å²) in [6, 6.07) is -1.14. The van der Waals surface area contributed by atoms with Crippen LogP contribution >= 0.6 is 11.8 Å². The maximum Gasteiger partial charge on any atom is 0.318 e. The maximum absolute atomic E-state index is 11.7. The van der Waals surface area contributed by atoms with Gasteiger partial charge in [0, 0.05) is 24.4 Å². The number of rotatable bonds is 4. The summed E-state index contributed by atoms with van der Waals surface area (Å²) in [4.78, 5) is 24.4. The van der Waals surface area contributed by atoms with Crippen LogP contribution in [0.25, 0.3) is 0 Å². The van der Waals surface area contributed by atoms with E-state index >= 15 is 0 Å². The number of hydrogen-bond donors (Lipinski definition) is 3. The largest absolute Gasteiger partial charge is 0.351 e. The number of carbonyl (C=O) groups excluding carboxylic acids is 2. The lowest BCUT2D eigenvalue weighted by Crippen LogP contribution is -2.54. The van der Waals surface area contributed by atoms with Crippen molar-refractivity contribution in [1.29, 1.82) is 0 Å². The monoisotopic (exact) mass is 274 g/mol. The normalized spacial score (nSPS) is 21.3. The highest BCUT2D eigenvalue weighted by atomic mass is 32.2. The lowest BCUT2D eigenvalue weighted by molar-refractivity contribution is -0.125. The zero-order valence-electron chi connectivity index (χ0n) is 10.9. The summed E-state index contributed by atoms with van der Waals surface area (Å²) in [5.41, 5.74) is 10.8. The molecule has 0 spiro atoms. The predicted octanol–water partition coefficient (Wildman–Crippen LogP) is -0.274. The zero-order chi connectivity index (χ0) is 13.8. The molecule has 0 aromatic heterocycles. The minimum atomic E-state index is -0.802. The molecule has 6 nitrogen and oxygen atoms in total. The Bertz CT molecular complexity index is 310. The topological polar surface area (TPSA) is 101 Å². The first-order valence-electron chi connectivity index (χ1n) is 6.03. The van der Waals surface area contributed by atoms with Crippen molar-refractivity contribution in [2.75, 3.05) is 25.9 Å². The molecular weight excluding hydrogens is 252 g/mol. The lowest BCUT2D eigenvalue weighted by Gasteiger charge is -2.41.